The van der Waals surface area contributed by atoms with Gasteiger partial charge < -0.3 is 28.7 Å². The van der Waals surface area contributed by atoms with Gasteiger partial charge in [-0.25, -0.2) is 0 Å². The Morgan fingerprint density at radius 1 is 0.742 bits per heavy atom. The molecule has 1 saturated heterocycles. The molecule has 1 heterocycles. The largest absolute Gasteiger partial charge is 0.493 e. The van der Waals surface area contributed by atoms with Crippen LogP contribution in [-0.2, 0) is 22.7 Å². The van der Waals surface area contributed by atoms with E-state index in [9.17, 15) is 9.59 Å². The summed E-state index contributed by atoms with van der Waals surface area (Å²) in [5.41, 5.74) is 1.72. The highest BCUT2D eigenvalue weighted by atomic mass is 16.5. The van der Waals surface area contributed by atoms with Crippen molar-refractivity contribution in [3.63, 3.8) is 0 Å². The molecule has 0 bridgehead atoms. The second-order valence-electron chi connectivity index (χ2n) is 7.35. The molecule has 0 radical (unpaired) electrons. The van der Waals surface area contributed by atoms with E-state index in [0.29, 0.717) is 42.6 Å². The predicted molar refractivity (Wildman–Crippen MR) is 115 cm³/mol. The van der Waals surface area contributed by atoms with Gasteiger partial charge in [-0.3, -0.25) is 9.59 Å². The lowest BCUT2D eigenvalue weighted by Crippen LogP contribution is -2.57. The van der Waals surface area contributed by atoms with E-state index in [4.69, 9.17) is 18.9 Å². The third kappa shape index (κ3) is 4.68. The number of carbonyl (C=O) groups excluding carboxylic acids is 2. The molecule has 0 N–H and O–H groups in total. The number of benzene rings is 2. The zero-order valence-electron chi connectivity index (χ0n) is 18.5. The second-order valence-corrected chi connectivity index (χ2v) is 7.35. The van der Waals surface area contributed by atoms with Gasteiger partial charge in [0.05, 0.1) is 28.4 Å². The molecule has 3 rings (SSSR count). The first-order valence-corrected chi connectivity index (χ1v) is 9.93. The molecular weight excluding hydrogens is 400 g/mol. The fourth-order valence-corrected chi connectivity index (χ4v) is 3.70. The summed E-state index contributed by atoms with van der Waals surface area (Å²) in [4.78, 5) is 28.8. The lowest BCUT2D eigenvalue weighted by molar-refractivity contribution is -0.159. The van der Waals surface area contributed by atoms with Crippen LogP contribution in [-0.4, -0.2) is 62.6 Å². The highest BCUT2D eigenvalue weighted by Crippen LogP contribution is 2.30. The normalized spacial score (nSPS) is 16.4. The Balaban J connectivity index is 1.73. The monoisotopic (exact) mass is 428 g/mol. The summed E-state index contributed by atoms with van der Waals surface area (Å²) in [6.45, 7) is 3.01. The van der Waals surface area contributed by atoms with Crippen molar-refractivity contribution in [1.29, 1.82) is 0 Å². The maximum absolute atomic E-state index is 12.9. The van der Waals surface area contributed by atoms with Crippen molar-refractivity contribution >= 4 is 11.8 Å². The zero-order chi connectivity index (χ0) is 22.5. The molecule has 0 aromatic heterocycles. The van der Waals surface area contributed by atoms with Crippen molar-refractivity contribution in [3.05, 3.63) is 47.5 Å². The van der Waals surface area contributed by atoms with Crippen LogP contribution in [0.15, 0.2) is 36.4 Å². The minimum Gasteiger partial charge on any atom is -0.493 e. The third-order valence-electron chi connectivity index (χ3n) is 5.37. The van der Waals surface area contributed by atoms with E-state index < -0.39 is 11.8 Å². The van der Waals surface area contributed by atoms with Crippen LogP contribution in [0.1, 0.15) is 18.1 Å². The quantitative estimate of drug-likeness (QED) is 0.601. The molecule has 0 aliphatic carbocycles. The van der Waals surface area contributed by atoms with Gasteiger partial charge in [-0.1, -0.05) is 12.1 Å². The molecule has 0 unspecified atom stereocenters. The predicted octanol–water partition coefficient (Wildman–Crippen LogP) is 2.48. The third-order valence-corrected chi connectivity index (χ3v) is 5.37. The first kappa shape index (κ1) is 22.3. The number of hydrogen-bond donors (Lipinski definition) is 0. The van der Waals surface area contributed by atoms with E-state index in [0.717, 1.165) is 11.1 Å². The van der Waals surface area contributed by atoms with E-state index >= 15 is 0 Å². The topological polar surface area (TPSA) is 77.5 Å². The first-order chi connectivity index (χ1) is 14.9. The van der Waals surface area contributed by atoms with Gasteiger partial charge in [0.1, 0.15) is 0 Å². The van der Waals surface area contributed by atoms with Gasteiger partial charge in [0, 0.05) is 25.7 Å². The Kier molecular flexibility index (Phi) is 6.89. The molecule has 31 heavy (non-hydrogen) atoms. The van der Waals surface area contributed by atoms with Crippen molar-refractivity contribution in [2.24, 2.45) is 0 Å². The molecule has 166 valence electrons. The summed E-state index contributed by atoms with van der Waals surface area (Å²) < 4.78 is 21.2. The van der Waals surface area contributed by atoms with Crippen LogP contribution in [0.5, 0.6) is 23.0 Å². The lowest BCUT2D eigenvalue weighted by Gasteiger charge is -2.39. The minimum atomic E-state index is -0.520. The number of piperazine rings is 1. The van der Waals surface area contributed by atoms with E-state index in [1.807, 2.05) is 31.2 Å². The molecular formula is C23H28N2O6. The SMILES string of the molecule is COc1ccc(CN2C[C@H](C)N(Cc3ccc(OC)c(OC)c3)C(=O)C2=O)cc1OC. The van der Waals surface area contributed by atoms with Gasteiger partial charge >= 0.3 is 11.8 Å². The Morgan fingerprint density at radius 3 is 1.71 bits per heavy atom. The molecule has 0 spiro atoms. The summed E-state index contributed by atoms with van der Waals surface area (Å²) in [6.07, 6.45) is 0. The lowest BCUT2D eigenvalue weighted by atomic mass is 10.1. The van der Waals surface area contributed by atoms with E-state index in [2.05, 4.69) is 0 Å². The van der Waals surface area contributed by atoms with Gasteiger partial charge in [-0.2, -0.15) is 0 Å². The Labute approximate surface area is 182 Å². The van der Waals surface area contributed by atoms with Gasteiger partial charge in [0.25, 0.3) is 0 Å². The number of rotatable bonds is 8. The average Bonchev–Trinajstić information content (AvgIpc) is 2.79. The Bertz CT molecular complexity index is 961. The highest BCUT2D eigenvalue weighted by molar-refractivity contribution is 6.35. The summed E-state index contributed by atoms with van der Waals surface area (Å²) in [7, 11) is 6.26. The van der Waals surface area contributed by atoms with Crippen molar-refractivity contribution in [1.82, 2.24) is 9.80 Å². The average molecular weight is 428 g/mol. The molecule has 2 aromatic carbocycles. The molecule has 0 saturated carbocycles. The van der Waals surface area contributed by atoms with Crippen LogP contribution in [0, 0.1) is 0 Å². The minimum absolute atomic E-state index is 0.140. The standard InChI is InChI=1S/C23H28N2O6/c1-15-12-24(13-16-6-8-18(28-2)20(10-16)30-4)22(26)23(27)25(15)14-17-7-9-19(29-3)21(11-17)31-5/h6-11,15H,12-14H2,1-5H3/t15-/m0/s1. The van der Waals surface area contributed by atoms with Gasteiger partial charge in [0.15, 0.2) is 23.0 Å². The molecule has 1 fully saturated rings. The molecule has 1 aliphatic rings. The van der Waals surface area contributed by atoms with Crippen LogP contribution in [0.25, 0.3) is 0 Å². The Hall–Kier alpha value is -3.42. The van der Waals surface area contributed by atoms with Gasteiger partial charge in [-0.15, -0.1) is 0 Å². The smallest absolute Gasteiger partial charge is 0.312 e. The molecule has 1 atom stereocenters. The number of carbonyl (C=O) groups is 2. The summed E-state index contributed by atoms with van der Waals surface area (Å²) in [5.74, 6) is 1.35. The first-order valence-electron chi connectivity index (χ1n) is 9.93. The highest BCUT2D eigenvalue weighted by Gasteiger charge is 2.37. The van der Waals surface area contributed by atoms with Crippen LogP contribution in [0.3, 0.4) is 0 Å². The zero-order valence-corrected chi connectivity index (χ0v) is 18.5. The number of amides is 2. The summed E-state index contributed by atoms with van der Waals surface area (Å²) in [6, 6.07) is 10.8. The van der Waals surface area contributed by atoms with Crippen LogP contribution in [0.2, 0.25) is 0 Å². The molecule has 2 aromatic rings. The Morgan fingerprint density at radius 2 is 1.23 bits per heavy atom. The molecule has 8 nitrogen and oxygen atoms in total. The van der Waals surface area contributed by atoms with Crippen LogP contribution in [0.4, 0.5) is 0 Å². The summed E-state index contributed by atoms with van der Waals surface area (Å²) in [5, 5.41) is 0. The van der Waals surface area contributed by atoms with Gasteiger partial charge in [-0.05, 0) is 42.3 Å². The number of methoxy groups -OCH3 is 4. The molecule has 1 aliphatic heterocycles. The van der Waals surface area contributed by atoms with E-state index in [-0.39, 0.29) is 6.04 Å². The maximum atomic E-state index is 12.9. The van der Waals surface area contributed by atoms with Gasteiger partial charge in [0.2, 0.25) is 0 Å². The van der Waals surface area contributed by atoms with Crippen molar-refractivity contribution in [2.45, 2.75) is 26.1 Å². The number of hydrogen-bond acceptors (Lipinski definition) is 6. The molecule has 2 amide bonds. The fourth-order valence-electron chi connectivity index (χ4n) is 3.70. The second kappa shape index (κ2) is 9.59. The number of nitrogens with zero attached hydrogens (tertiary/aromatic N) is 2. The maximum Gasteiger partial charge on any atom is 0.312 e. The fraction of sp³-hybridized carbons (Fsp3) is 0.391. The van der Waals surface area contributed by atoms with Crippen LogP contribution < -0.4 is 18.9 Å². The van der Waals surface area contributed by atoms with E-state index in [1.54, 1.807) is 50.4 Å². The van der Waals surface area contributed by atoms with E-state index in [1.165, 1.54) is 0 Å². The summed E-state index contributed by atoms with van der Waals surface area (Å²) >= 11 is 0. The number of ether oxygens (including phenoxy) is 4. The molecule has 8 heteroatoms. The van der Waals surface area contributed by atoms with Crippen molar-refractivity contribution in [2.75, 3.05) is 35.0 Å². The van der Waals surface area contributed by atoms with Crippen LogP contribution >= 0.6 is 0 Å². The van der Waals surface area contributed by atoms with Crippen molar-refractivity contribution < 1.29 is 28.5 Å². The van der Waals surface area contributed by atoms with Crippen molar-refractivity contribution in [3.8, 4) is 23.0 Å².